The predicted octanol–water partition coefficient (Wildman–Crippen LogP) is 2.54. The number of fused-ring (bicyclic) bond motifs is 1. The Morgan fingerprint density at radius 2 is 2.10 bits per heavy atom. The van der Waals surface area contributed by atoms with Crippen molar-refractivity contribution in [2.75, 3.05) is 10.6 Å². The van der Waals surface area contributed by atoms with Crippen molar-refractivity contribution in [2.24, 2.45) is 0 Å². The molecular formula is C21H20FN7O2. The Hall–Kier alpha value is -3.95. The van der Waals surface area contributed by atoms with Crippen LogP contribution >= 0.6 is 0 Å². The van der Waals surface area contributed by atoms with Crippen LogP contribution in [-0.2, 0) is 11.3 Å². The highest BCUT2D eigenvalue weighted by atomic mass is 19.1. The number of rotatable bonds is 6. The molecule has 158 valence electrons. The molecule has 0 spiro atoms. The Balaban J connectivity index is 1.48. The summed E-state index contributed by atoms with van der Waals surface area (Å²) in [5.74, 6) is 0.586. The van der Waals surface area contributed by atoms with Gasteiger partial charge >= 0.3 is 6.03 Å². The van der Waals surface area contributed by atoms with Gasteiger partial charge in [0.1, 0.15) is 23.1 Å². The molecule has 31 heavy (non-hydrogen) atoms. The number of benzene rings is 1. The summed E-state index contributed by atoms with van der Waals surface area (Å²) in [6, 6.07) is 6.78. The highest BCUT2D eigenvalue weighted by Gasteiger charge is 2.25. The topological polar surface area (TPSA) is 112 Å². The number of nitrogens with zero attached hydrogens (tertiary/aromatic N) is 3. The number of aromatic nitrogens is 3. The van der Waals surface area contributed by atoms with Gasteiger partial charge in [-0.2, -0.15) is 9.61 Å². The molecule has 0 bridgehead atoms. The number of hydrogen-bond donors (Lipinski definition) is 4. The van der Waals surface area contributed by atoms with E-state index >= 15 is 0 Å². The molecule has 9 nitrogen and oxygen atoms in total. The maximum absolute atomic E-state index is 13.9. The van der Waals surface area contributed by atoms with Gasteiger partial charge in [-0.25, -0.2) is 14.2 Å². The second-order valence-electron chi connectivity index (χ2n) is 7.68. The van der Waals surface area contributed by atoms with Crippen LogP contribution in [0.2, 0.25) is 0 Å². The molecule has 0 atom stereocenters. The number of aryl methyl sites for hydroxylation is 1. The second-order valence-corrected chi connectivity index (χ2v) is 7.68. The Morgan fingerprint density at radius 3 is 2.81 bits per heavy atom. The van der Waals surface area contributed by atoms with Gasteiger partial charge in [0.2, 0.25) is 0 Å². The highest BCUT2D eigenvalue weighted by Crippen LogP contribution is 2.27. The molecule has 1 aliphatic heterocycles. The lowest BCUT2D eigenvalue weighted by molar-refractivity contribution is -0.115. The first kappa shape index (κ1) is 19.0. The molecule has 5 rings (SSSR count). The van der Waals surface area contributed by atoms with Crippen LogP contribution in [0.15, 0.2) is 36.2 Å². The van der Waals surface area contributed by atoms with Crippen molar-refractivity contribution >= 4 is 35.3 Å². The van der Waals surface area contributed by atoms with Gasteiger partial charge in [-0.15, -0.1) is 0 Å². The maximum Gasteiger partial charge on any atom is 0.326 e. The molecule has 10 heteroatoms. The lowest BCUT2D eigenvalue weighted by Gasteiger charge is -2.12. The van der Waals surface area contributed by atoms with Crippen LogP contribution in [0.25, 0.3) is 11.7 Å². The van der Waals surface area contributed by atoms with Gasteiger partial charge in [0, 0.05) is 24.2 Å². The molecule has 2 aliphatic rings. The average Bonchev–Trinajstić information content (AvgIpc) is 3.37. The first-order valence-corrected chi connectivity index (χ1v) is 9.94. The number of amides is 3. The molecular weight excluding hydrogens is 401 g/mol. The maximum atomic E-state index is 13.9. The van der Waals surface area contributed by atoms with Gasteiger partial charge in [-0.3, -0.25) is 10.1 Å². The van der Waals surface area contributed by atoms with E-state index in [0.717, 1.165) is 24.2 Å². The van der Waals surface area contributed by atoms with E-state index in [4.69, 9.17) is 0 Å². The first-order valence-electron chi connectivity index (χ1n) is 9.94. The van der Waals surface area contributed by atoms with Gasteiger partial charge in [0.15, 0.2) is 5.65 Å². The highest BCUT2D eigenvalue weighted by molar-refractivity contribution is 6.14. The summed E-state index contributed by atoms with van der Waals surface area (Å²) in [7, 11) is 0. The number of anilines is 2. The van der Waals surface area contributed by atoms with E-state index < -0.39 is 11.9 Å². The van der Waals surface area contributed by atoms with Gasteiger partial charge < -0.3 is 16.0 Å². The molecule has 3 aromatic rings. The summed E-state index contributed by atoms with van der Waals surface area (Å²) >= 11 is 0. The van der Waals surface area contributed by atoms with E-state index in [1.54, 1.807) is 23.7 Å². The number of hydrogen-bond acceptors (Lipinski definition) is 6. The van der Waals surface area contributed by atoms with Crippen LogP contribution < -0.4 is 21.3 Å². The lowest BCUT2D eigenvalue weighted by atomic mass is 10.1. The van der Waals surface area contributed by atoms with E-state index in [1.807, 2.05) is 12.1 Å². The van der Waals surface area contributed by atoms with Crippen LogP contribution in [0.5, 0.6) is 0 Å². The Morgan fingerprint density at radius 1 is 1.26 bits per heavy atom. The third-order valence-corrected chi connectivity index (χ3v) is 5.16. The van der Waals surface area contributed by atoms with Gasteiger partial charge in [0.25, 0.3) is 5.91 Å². The van der Waals surface area contributed by atoms with Crippen molar-refractivity contribution in [3.63, 3.8) is 0 Å². The zero-order valence-corrected chi connectivity index (χ0v) is 16.7. The van der Waals surface area contributed by atoms with Gasteiger partial charge in [-0.05, 0) is 43.0 Å². The zero-order chi connectivity index (χ0) is 21.5. The van der Waals surface area contributed by atoms with Gasteiger partial charge in [0.05, 0.1) is 6.20 Å². The SMILES string of the molecule is Cc1ccc(CNc2cc(NC3CC3)n3ncc(/C=C4\NC(=O)NC4=O)c3n2)cc1F. The fourth-order valence-electron chi connectivity index (χ4n) is 3.29. The fraction of sp³-hybridized carbons (Fsp3) is 0.238. The third kappa shape index (κ3) is 3.91. The number of carbonyl (C=O) groups is 2. The zero-order valence-electron chi connectivity index (χ0n) is 16.7. The summed E-state index contributed by atoms with van der Waals surface area (Å²) in [6.07, 6.45) is 5.29. The van der Waals surface area contributed by atoms with Crippen molar-refractivity contribution < 1.29 is 14.0 Å². The van der Waals surface area contributed by atoms with Crippen LogP contribution in [0.1, 0.15) is 29.5 Å². The number of halogens is 1. The Labute approximate surface area is 176 Å². The molecule has 1 aromatic carbocycles. The number of carbonyl (C=O) groups excluding carboxylic acids is 2. The van der Waals surface area contributed by atoms with Crippen LogP contribution in [0.3, 0.4) is 0 Å². The summed E-state index contributed by atoms with van der Waals surface area (Å²) in [5, 5.41) is 15.7. The van der Waals surface area contributed by atoms with Crippen LogP contribution in [-0.4, -0.2) is 32.6 Å². The number of urea groups is 1. The van der Waals surface area contributed by atoms with E-state index in [-0.39, 0.29) is 11.5 Å². The Kier molecular flexibility index (Phi) is 4.54. The molecule has 0 unspecified atom stereocenters. The fourth-order valence-corrected chi connectivity index (χ4v) is 3.29. The standard InChI is InChI=1S/C21H20FN7O2/c1-11-2-3-12(6-15(11)22)9-23-17-8-18(25-14-4-5-14)29-19(27-17)13(10-24-29)7-16-20(30)28-21(31)26-16/h2-3,6-8,10,14,25H,4-5,9H2,1H3,(H,23,27)(H2,26,28,30,31)/b16-7-. The number of imide groups is 1. The molecule has 1 aliphatic carbocycles. The quantitative estimate of drug-likeness (QED) is 0.360. The summed E-state index contributed by atoms with van der Waals surface area (Å²) in [5.41, 5.74) is 2.62. The third-order valence-electron chi connectivity index (χ3n) is 5.16. The molecule has 2 aromatic heterocycles. The van der Waals surface area contributed by atoms with E-state index in [9.17, 15) is 14.0 Å². The number of nitrogens with one attached hydrogen (secondary N) is 4. The largest absolute Gasteiger partial charge is 0.367 e. The average molecular weight is 421 g/mol. The van der Waals surface area contributed by atoms with Crippen molar-refractivity contribution in [2.45, 2.75) is 32.4 Å². The molecule has 0 radical (unpaired) electrons. The van der Waals surface area contributed by atoms with Gasteiger partial charge in [-0.1, -0.05) is 12.1 Å². The molecule has 2 fully saturated rings. The molecule has 1 saturated heterocycles. The van der Waals surface area contributed by atoms with Crippen LogP contribution in [0, 0.1) is 12.7 Å². The van der Waals surface area contributed by atoms with Crippen molar-refractivity contribution in [1.82, 2.24) is 25.2 Å². The second kappa shape index (κ2) is 7.38. The minimum absolute atomic E-state index is 0.131. The molecule has 1 saturated carbocycles. The summed E-state index contributed by atoms with van der Waals surface area (Å²) in [4.78, 5) is 27.9. The minimum Gasteiger partial charge on any atom is -0.367 e. The normalized spacial score (nSPS) is 17.2. The molecule has 3 heterocycles. The van der Waals surface area contributed by atoms with E-state index in [2.05, 4.69) is 31.3 Å². The predicted molar refractivity (Wildman–Crippen MR) is 113 cm³/mol. The smallest absolute Gasteiger partial charge is 0.326 e. The first-order chi connectivity index (χ1) is 15.0. The van der Waals surface area contributed by atoms with Crippen molar-refractivity contribution in [3.8, 4) is 0 Å². The summed E-state index contributed by atoms with van der Waals surface area (Å²) < 4.78 is 15.5. The molecule has 3 amide bonds. The Bertz CT molecular complexity index is 1250. The minimum atomic E-state index is -0.565. The lowest BCUT2D eigenvalue weighted by Crippen LogP contribution is -2.22. The monoisotopic (exact) mass is 421 g/mol. The summed E-state index contributed by atoms with van der Waals surface area (Å²) in [6.45, 7) is 2.12. The van der Waals surface area contributed by atoms with Crippen molar-refractivity contribution in [1.29, 1.82) is 0 Å². The van der Waals surface area contributed by atoms with E-state index in [1.165, 1.54) is 12.1 Å². The molecule has 4 N–H and O–H groups in total. The van der Waals surface area contributed by atoms with E-state index in [0.29, 0.717) is 35.2 Å². The van der Waals surface area contributed by atoms with Crippen molar-refractivity contribution in [3.05, 3.63) is 58.7 Å². The van der Waals surface area contributed by atoms with Crippen LogP contribution in [0.4, 0.5) is 20.8 Å².